The SMILES string of the molecule is CCCCCCn1ccc2cc(-c3ncc(C(F)(F)F)c(N)n3)c(F)c(F)c2c1=O. The summed E-state index contributed by atoms with van der Waals surface area (Å²) in [6.07, 6.45) is 0.755. The van der Waals surface area contributed by atoms with Crippen LogP contribution in [0.5, 0.6) is 0 Å². The Bertz CT molecular complexity index is 1140. The van der Waals surface area contributed by atoms with Gasteiger partial charge in [0.15, 0.2) is 17.5 Å². The van der Waals surface area contributed by atoms with Gasteiger partial charge in [0.25, 0.3) is 5.56 Å². The zero-order valence-corrected chi connectivity index (χ0v) is 16.1. The highest BCUT2D eigenvalue weighted by Crippen LogP contribution is 2.34. The van der Waals surface area contributed by atoms with Gasteiger partial charge in [-0.2, -0.15) is 13.2 Å². The lowest BCUT2D eigenvalue weighted by Crippen LogP contribution is -2.21. The molecule has 3 aromatic rings. The minimum absolute atomic E-state index is 0.0841. The van der Waals surface area contributed by atoms with Gasteiger partial charge in [-0.15, -0.1) is 0 Å². The number of hydrogen-bond donors (Lipinski definition) is 1. The second kappa shape index (κ2) is 8.37. The van der Waals surface area contributed by atoms with Gasteiger partial charge in [0.2, 0.25) is 0 Å². The van der Waals surface area contributed by atoms with E-state index in [4.69, 9.17) is 5.73 Å². The lowest BCUT2D eigenvalue weighted by atomic mass is 10.1. The Morgan fingerprint density at radius 2 is 1.87 bits per heavy atom. The van der Waals surface area contributed by atoms with Gasteiger partial charge in [-0.1, -0.05) is 26.2 Å². The van der Waals surface area contributed by atoms with E-state index in [2.05, 4.69) is 9.97 Å². The first-order valence-electron chi connectivity index (χ1n) is 9.36. The summed E-state index contributed by atoms with van der Waals surface area (Å²) < 4.78 is 69.2. The van der Waals surface area contributed by atoms with E-state index in [1.54, 1.807) is 0 Å². The van der Waals surface area contributed by atoms with Crippen LogP contribution in [0, 0.1) is 11.6 Å². The third-order valence-electron chi connectivity index (χ3n) is 4.76. The summed E-state index contributed by atoms with van der Waals surface area (Å²) in [4.78, 5) is 19.6. The maximum absolute atomic E-state index is 14.7. The average molecular weight is 426 g/mol. The summed E-state index contributed by atoms with van der Waals surface area (Å²) >= 11 is 0. The quantitative estimate of drug-likeness (QED) is 0.449. The number of pyridine rings is 1. The van der Waals surface area contributed by atoms with Crippen LogP contribution in [0.25, 0.3) is 22.2 Å². The van der Waals surface area contributed by atoms with E-state index < -0.39 is 51.5 Å². The third-order valence-corrected chi connectivity index (χ3v) is 4.76. The molecule has 0 unspecified atom stereocenters. The molecule has 0 radical (unpaired) electrons. The summed E-state index contributed by atoms with van der Waals surface area (Å²) in [5.74, 6) is -4.25. The van der Waals surface area contributed by atoms with Crippen molar-refractivity contribution >= 4 is 16.6 Å². The summed E-state index contributed by atoms with van der Waals surface area (Å²) in [7, 11) is 0. The van der Waals surface area contributed by atoms with Crippen LogP contribution in [-0.4, -0.2) is 14.5 Å². The molecule has 0 saturated carbocycles. The number of hydrogen-bond acceptors (Lipinski definition) is 4. The number of nitrogen functional groups attached to an aromatic ring is 1. The summed E-state index contributed by atoms with van der Waals surface area (Å²) in [6, 6.07) is 2.56. The molecule has 0 aliphatic carbocycles. The number of unbranched alkanes of at least 4 members (excludes halogenated alkanes) is 3. The highest BCUT2D eigenvalue weighted by molar-refractivity contribution is 5.86. The van der Waals surface area contributed by atoms with Gasteiger partial charge in [0.05, 0.1) is 10.9 Å². The number of halogens is 5. The largest absolute Gasteiger partial charge is 0.421 e. The fraction of sp³-hybridized carbons (Fsp3) is 0.350. The molecule has 3 rings (SSSR count). The van der Waals surface area contributed by atoms with Crippen LogP contribution in [0.2, 0.25) is 0 Å². The number of anilines is 1. The minimum Gasteiger partial charge on any atom is -0.383 e. The van der Waals surface area contributed by atoms with Crippen LogP contribution >= 0.6 is 0 Å². The molecule has 0 spiro atoms. The molecule has 2 heterocycles. The zero-order valence-electron chi connectivity index (χ0n) is 16.1. The summed E-state index contributed by atoms with van der Waals surface area (Å²) in [6.45, 7) is 2.42. The van der Waals surface area contributed by atoms with Crippen molar-refractivity contribution in [2.24, 2.45) is 0 Å². The van der Waals surface area contributed by atoms with Crippen molar-refractivity contribution in [2.45, 2.75) is 45.3 Å². The normalized spacial score (nSPS) is 11.9. The molecule has 0 atom stereocenters. The van der Waals surface area contributed by atoms with Crippen LogP contribution in [-0.2, 0) is 12.7 Å². The van der Waals surface area contributed by atoms with Crippen molar-refractivity contribution in [3.63, 3.8) is 0 Å². The molecule has 0 amide bonds. The van der Waals surface area contributed by atoms with E-state index in [0.717, 1.165) is 31.7 Å². The maximum atomic E-state index is 14.7. The molecular weight excluding hydrogens is 407 g/mol. The highest BCUT2D eigenvalue weighted by atomic mass is 19.4. The Hall–Kier alpha value is -3.04. The molecule has 160 valence electrons. The molecule has 30 heavy (non-hydrogen) atoms. The molecule has 2 aromatic heterocycles. The smallest absolute Gasteiger partial charge is 0.383 e. The standard InChI is InChI=1S/C20H19F5N4O/c1-2-3-4-5-7-29-8-6-11-9-12(15(21)16(22)14(11)19(29)30)18-27-10-13(17(26)28-18)20(23,24)25/h6,8-10H,2-5,7H2,1H3,(H2,26,27,28). The van der Waals surface area contributed by atoms with Gasteiger partial charge >= 0.3 is 6.18 Å². The third kappa shape index (κ3) is 4.12. The van der Waals surface area contributed by atoms with Gasteiger partial charge in [-0.3, -0.25) is 4.79 Å². The van der Waals surface area contributed by atoms with Gasteiger partial charge < -0.3 is 10.3 Å². The Morgan fingerprint density at radius 1 is 1.13 bits per heavy atom. The van der Waals surface area contributed by atoms with Crippen molar-refractivity contribution in [1.29, 1.82) is 0 Å². The lowest BCUT2D eigenvalue weighted by molar-refractivity contribution is -0.137. The first-order chi connectivity index (χ1) is 14.1. The number of rotatable bonds is 6. The minimum atomic E-state index is -4.78. The second-order valence-corrected chi connectivity index (χ2v) is 6.88. The topological polar surface area (TPSA) is 73.8 Å². The molecule has 0 aliphatic heterocycles. The highest BCUT2D eigenvalue weighted by Gasteiger charge is 2.34. The summed E-state index contributed by atoms with van der Waals surface area (Å²) in [5.41, 5.74) is 2.87. The van der Waals surface area contributed by atoms with E-state index in [0.29, 0.717) is 12.7 Å². The van der Waals surface area contributed by atoms with Gasteiger partial charge in [0.1, 0.15) is 11.4 Å². The molecule has 0 saturated heterocycles. The predicted octanol–water partition coefficient (Wildman–Crippen LogP) is 4.92. The number of nitrogens with two attached hydrogens (primary N) is 1. The van der Waals surface area contributed by atoms with Crippen LogP contribution in [0.4, 0.5) is 27.8 Å². The molecule has 2 N–H and O–H groups in total. The Balaban J connectivity index is 2.06. The van der Waals surface area contributed by atoms with E-state index in [-0.39, 0.29) is 5.39 Å². The van der Waals surface area contributed by atoms with E-state index >= 15 is 0 Å². The number of aryl methyl sites for hydroxylation is 1. The lowest BCUT2D eigenvalue weighted by Gasteiger charge is -2.12. The van der Waals surface area contributed by atoms with Crippen molar-refractivity contribution in [2.75, 3.05) is 5.73 Å². The molecule has 5 nitrogen and oxygen atoms in total. The Kier molecular flexibility index (Phi) is 6.04. The molecule has 1 aromatic carbocycles. The number of fused-ring (bicyclic) bond motifs is 1. The number of benzene rings is 1. The number of nitrogens with zero attached hydrogens (tertiary/aromatic N) is 3. The van der Waals surface area contributed by atoms with Gasteiger partial charge in [-0.25, -0.2) is 18.7 Å². The molecular formula is C20H19F5N4O. The van der Waals surface area contributed by atoms with Crippen molar-refractivity contribution < 1.29 is 22.0 Å². The number of aromatic nitrogens is 3. The maximum Gasteiger partial charge on any atom is 0.421 e. The first kappa shape index (κ1) is 21.7. The second-order valence-electron chi connectivity index (χ2n) is 6.88. The fourth-order valence-corrected chi connectivity index (χ4v) is 3.17. The van der Waals surface area contributed by atoms with E-state index in [9.17, 15) is 26.7 Å². The van der Waals surface area contributed by atoms with Gasteiger partial charge in [0, 0.05) is 18.9 Å². The van der Waals surface area contributed by atoms with E-state index in [1.807, 2.05) is 6.92 Å². The molecule has 0 aliphatic rings. The zero-order chi connectivity index (χ0) is 22.1. The predicted molar refractivity (Wildman–Crippen MR) is 103 cm³/mol. The molecule has 0 fully saturated rings. The van der Waals surface area contributed by atoms with Crippen LogP contribution in [0.3, 0.4) is 0 Å². The molecule has 0 bridgehead atoms. The summed E-state index contributed by atoms with van der Waals surface area (Å²) in [5, 5.41) is -0.352. The number of alkyl halides is 3. The van der Waals surface area contributed by atoms with Crippen molar-refractivity contribution in [1.82, 2.24) is 14.5 Å². The van der Waals surface area contributed by atoms with Crippen LogP contribution in [0.1, 0.15) is 38.2 Å². The van der Waals surface area contributed by atoms with Crippen molar-refractivity contribution in [3.05, 3.63) is 52.1 Å². The first-order valence-corrected chi connectivity index (χ1v) is 9.36. The fourth-order valence-electron chi connectivity index (χ4n) is 3.17. The monoisotopic (exact) mass is 426 g/mol. The Labute approximate surface area is 168 Å². The van der Waals surface area contributed by atoms with E-state index in [1.165, 1.54) is 16.8 Å². The van der Waals surface area contributed by atoms with Crippen molar-refractivity contribution in [3.8, 4) is 11.4 Å². The average Bonchev–Trinajstić information content (AvgIpc) is 2.68. The van der Waals surface area contributed by atoms with Gasteiger partial charge in [-0.05, 0) is 23.9 Å². The Morgan fingerprint density at radius 3 is 2.50 bits per heavy atom. The van der Waals surface area contributed by atoms with Crippen LogP contribution < -0.4 is 11.3 Å². The van der Waals surface area contributed by atoms with Crippen LogP contribution in [0.15, 0.2) is 29.3 Å². The molecule has 10 heteroatoms.